The Morgan fingerprint density at radius 2 is 1.21 bits per heavy atom. The van der Waals surface area contributed by atoms with E-state index in [4.69, 9.17) is 9.72 Å². The molecular formula is C53H36N2OPt. The van der Waals surface area contributed by atoms with Gasteiger partial charge in [0, 0.05) is 17.3 Å². The van der Waals surface area contributed by atoms with Crippen molar-refractivity contribution in [2.75, 3.05) is 0 Å². The molecule has 2 aliphatic carbocycles. The summed E-state index contributed by atoms with van der Waals surface area (Å²) in [6, 6.07) is 65.0. The average molecular weight is 912 g/mol. The van der Waals surface area contributed by atoms with Crippen LogP contribution >= 0.6 is 0 Å². The number of nitrogens with zero attached hydrogens (tertiary/aromatic N) is 2. The van der Waals surface area contributed by atoms with Gasteiger partial charge in [0.15, 0.2) is 0 Å². The predicted molar refractivity (Wildman–Crippen MR) is 227 cm³/mol. The molecule has 0 atom stereocenters. The van der Waals surface area contributed by atoms with Gasteiger partial charge in [-0.2, -0.15) is 30.3 Å². The van der Waals surface area contributed by atoms with Crippen LogP contribution in [0.1, 0.15) is 22.3 Å². The van der Waals surface area contributed by atoms with Crippen molar-refractivity contribution < 1.29 is 25.8 Å². The maximum atomic E-state index is 6.68. The Hall–Kier alpha value is -6.15. The summed E-state index contributed by atoms with van der Waals surface area (Å²) in [4.78, 5) is 9.69. The third kappa shape index (κ3) is 6.56. The van der Waals surface area contributed by atoms with Gasteiger partial charge in [-0.25, -0.2) is 16.1 Å². The van der Waals surface area contributed by atoms with E-state index in [1.54, 1.807) is 6.20 Å². The third-order valence-electron chi connectivity index (χ3n) is 11.8. The third-order valence-corrected chi connectivity index (χ3v) is 11.8. The molecule has 7 aromatic carbocycles. The minimum absolute atomic E-state index is 0. The van der Waals surface area contributed by atoms with Crippen LogP contribution in [-0.4, -0.2) is 9.97 Å². The Morgan fingerprint density at radius 3 is 2.04 bits per heavy atom. The Bertz CT molecular complexity index is 2930. The molecular weight excluding hydrogens is 876 g/mol. The van der Waals surface area contributed by atoms with Crippen LogP contribution in [0.15, 0.2) is 170 Å². The molecule has 11 rings (SSSR count). The van der Waals surface area contributed by atoms with Gasteiger partial charge >= 0.3 is 21.1 Å². The Kier molecular flexibility index (Phi) is 8.92. The SMILES string of the molecule is [Pt+2].[c-]1c(Oc2nc(-c3ccccn3)cc3c2ccc2cc(-c4ccccc4)ccc23)cccc1-c1[c-]ccc(-c2ccc3c(c2)CC2(Cc4ccccc4C2)C3)c1. The monoisotopic (exact) mass is 911 g/mol. The van der Waals surface area contributed by atoms with Crippen LogP contribution in [0.5, 0.6) is 11.6 Å². The molecule has 0 N–H and O–H groups in total. The average Bonchev–Trinajstić information content (AvgIpc) is 3.81. The molecule has 1 spiro atoms. The first-order valence-corrected chi connectivity index (χ1v) is 19.4. The molecule has 2 aromatic heterocycles. The first-order valence-electron chi connectivity index (χ1n) is 19.4. The van der Waals surface area contributed by atoms with E-state index in [1.165, 1.54) is 57.3 Å². The molecule has 2 aliphatic rings. The number of fused-ring (bicyclic) bond motifs is 5. The fourth-order valence-electron chi connectivity index (χ4n) is 9.17. The number of hydrogen-bond donors (Lipinski definition) is 0. The van der Waals surface area contributed by atoms with E-state index in [0.717, 1.165) is 56.9 Å². The summed E-state index contributed by atoms with van der Waals surface area (Å²) in [7, 11) is 0. The molecule has 9 aromatic rings. The molecule has 0 radical (unpaired) electrons. The fraction of sp³-hybridized carbons (Fsp3) is 0.0943. The van der Waals surface area contributed by atoms with E-state index in [2.05, 4.69) is 138 Å². The largest absolute Gasteiger partial charge is 2.00 e. The number of pyridine rings is 2. The smallest absolute Gasteiger partial charge is 0.459 e. The fourth-order valence-corrected chi connectivity index (χ4v) is 9.17. The number of hydrogen-bond acceptors (Lipinski definition) is 3. The van der Waals surface area contributed by atoms with E-state index >= 15 is 0 Å². The quantitative estimate of drug-likeness (QED) is 0.123. The molecule has 0 fully saturated rings. The molecule has 0 amide bonds. The second-order valence-electron chi connectivity index (χ2n) is 15.5. The molecule has 0 aliphatic heterocycles. The molecule has 3 nitrogen and oxygen atoms in total. The van der Waals surface area contributed by atoms with Crippen LogP contribution in [0.3, 0.4) is 0 Å². The zero-order chi connectivity index (χ0) is 37.1. The number of rotatable bonds is 6. The Morgan fingerprint density at radius 1 is 0.491 bits per heavy atom. The maximum Gasteiger partial charge on any atom is 2.00 e. The number of ether oxygens (including phenoxy) is 1. The Balaban J connectivity index is 0.00000396. The molecule has 274 valence electrons. The molecule has 2 heterocycles. The topological polar surface area (TPSA) is 35.0 Å². The summed E-state index contributed by atoms with van der Waals surface area (Å²) in [6.07, 6.45) is 6.45. The van der Waals surface area contributed by atoms with Crippen molar-refractivity contribution >= 4 is 21.5 Å². The first-order chi connectivity index (χ1) is 27.6. The zero-order valence-electron chi connectivity index (χ0n) is 31.1. The maximum absolute atomic E-state index is 6.68. The summed E-state index contributed by atoms with van der Waals surface area (Å²) >= 11 is 0. The van der Waals surface area contributed by atoms with Crippen LogP contribution in [0.25, 0.3) is 66.3 Å². The van der Waals surface area contributed by atoms with Gasteiger partial charge in [0.1, 0.15) is 0 Å². The van der Waals surface area contributed by atoms with Crippen molar-refractivity contribution in [3.8, 4) is 56.4 Å². The van der Waals surface area contributed by atoms with Crippen molar-refractivity contribution in [3.05, 3.63) is 204 Å². The van der Waals surface area contributed by atoms with Gasteiger partial charge in [0.05, 0.1) is 11.4 Å². The van der Waals surface area contributed by atoms with E-state index < -0.39 is 0 Å². The van der Waals surface area contributed by atoms with Gasteiger partial charge in [0.2, 0.25) is 5.88 Å². The van der Waals surface area contributed by atoms with Crippen molar-refractivity contribution in [1.82, 2.24) is 9.97 Å². The van der Waals surface area contributed by atoms with Crippen molar-refractivity contribution in [1.29, 1.82) is 0 Å². The standard InChI is InChI=1S/C53H36N2O.Pt/c1-2-10-35(11-3-1)39-21-23-47-41(27-39)22-24-48-49(47)30-51(50-18-6-7-25-54-50)55-52(48)56-46-17-9-16-38(29-46)36-14-8-15-37(26-36)40-19-20-44-33-53(34-45(44)28-40)31-42-12-4-5-13-43(42)32-53;/h1-13,15-28,30H,31-34H2;/q-2;+2. The minimum atomic E-state index is 0. The van der Waals surface area contributed by atoms with Crippen molar-refractivity contribution in [2.45, 2.75) is 25.7 Å². The molecule has 0 saturated carbocycles. The number of benzene rings is 7. The van der Waals surface area contributed by atoms with Crippen molar-refractivity contribution in [3.63, 3.8) is 0 Å². The van der Waals surface area contributed by atoms with Crippen LogP contribution in [0.2, 0.25) is 0 Å². The van der Waals surface area contributed by atoms with Crippen LogP contribution in [0, 0.1) is 17.5 Å². The summed E-state index contributed by atoms with van der Waals surface area (Å²) in [5, 5.41) is 4.27. The Labute approximate surface area is 347 Å². The zero-order valence-corrected chi connectivity index (χ0v) is 33.4. The van der Waals surface area contributed by atoms with Gasteiger partial charge in [-0.05, 0) is 117 Å². The summed E-state index contributed by atoms with van der Waals surface area (Å²) < 4.78 is 6.68. The number of aromatic nitrogens is 2. The van der Waals surface area contributed by atoms with Crippen LogP contribution in [-0.2, 0) is 46.7 Å². The van der Waals surface area contributed by atoms with Gasteiger partial charge in [-0.15, -0.1) is 23.8 Å². The van der Waals surface area contributed by atoms with E-state index in [1.807, 2.05) is 42.5 Å². The van der Waals surface area contributed by atoms with Gasteiger partial charge < -0.3 is 4.74 Å². The van der Waals surface area contributed by atoms with Crippen LogP contribution < -0.4 is 4.74 Å². The second-order valence-corrected chi connectivity index (χ2v) is 15.5. The molecule has 0 saturated heterocycles. The summed E-state index contributed by atoms with van der Waals surface area (Å²) in [5.41, 5.74) is 14.6. The molecule has 0 unspecified atom stereocenters. The van der Waals surface area contributed by atoms with Gasteiger partial charge in [0.25, 0.3) is 0 Å². The normalized spacial score (nSPS) is 13.7. The van der Waals surface area contributed by atoms with E-state index in [9.17, 15) is 0 Å². The van der Waals surface area contributed by atoms with Gasteiger partial charge in [-0.1, -0.05) is 97.1 Å². The first kappa shape index (κ1) is 35.3. The van der Waals surface area contributed by atoms with Crippen LogP contribution in [0.4, 0.5) is 0 Å². The summed E-state index contributed by atoms with van der Waals surface area (Å²) in [6.45, 7) is 0. The van der Waals surface area contributed by atoms with E-state index in [0.29, 0.717) is 17.0 Å². The van der Waals surface area contributed by atoms with E-state index in [-0.39, 0.29) is 21.1 Å². The van der Waals surface area contributed by atoms with Gasteiger partial charge in [-0.3, -0.25) is 4.98 Å². The minimum Gasteiger partial charge on any atom is -0.459 e. The second kappa shape index (κ2) is 14.4. The predicted octanol–water partition coefficient (Wildman–Crippen LogP) is 12.7. The molecule has 57 heavy (non-hydrogen) atoms. The van der Waals surface area contributed by atoms with Crippen molar-refractivity contribution in [2.24, 2.45) is 5.41 Å². The molecule has 4 heteroatoms. The summed E-state index contributed by atoms with van der Waals surface area (Å²) in [5.74, 6) is 1.11. The molecule has 0 bridgehead atoms.